The number of carbonyl (C=O) groups is 1. The number of benzene rings is 1. The highest BCUT2D eigenvalue weighted by Gasteiger charge is 2.33. The van der Waals surface area contributed by atoms with Gasteiger partial charge in [-0.3, -0.25) is 4.79 Å². The fraction of sp³-hybridized carbons (Fsp3) is 0.533. The zero-order valence-corrected chi connectivity index (χ0v) is 13.8. The highest BCUT2D eigenvalue weighted by Crippen LogP contribution is 2.36. The van der Waals surface area contributed by atoms with Gasteiger partial charge in [-0.25, -0.2) is 0 Å². The molecule has 2 unspecified atom stereocenters. The van der Waals surface area contributed by atoms with E-state index >= 15 is 0 Å². The number of aliphatic hydroxyl groups is 1. The van der Waals surface area contributed by atoms with E-state index in [1.807, 2.05) is 19.9 Å². The second kappa shape index (κ2) is 7.64. The van der Waals surface area contributed by atoms with E-state index < -0.39 is 18.0 Å². The molecule has 0 radical (unpaired) electrons. The Hall–Kier alpha value is -1.07. The van der Waals surface area contributed by atoms with Crippen molar-refractivity contribution in [3.63, 3.8) is 0 Å². The van der Waals surface area contributed by atoms with Gasteiger partial charge in [-0.1, -0.05) is 29.8 Å². The molecule has 2 atom stereocenters. The second-order valence-electron chi connectivity index (χ2n) is 4.85. The molecule has 1 aromatic carbocycles. The maximum atomic E-state index is 12.0. The van der Waals surface area contributed by atoms with Crippen molar-refractivity contribution < 1.29 is 19.4 Å². The second-order valence-corrected chi connectivity index (χ2v) is 5.77. The molecule has 1 N–H and O–H groups in total. The van der Waals surface area contributed by atoms with Crippen LogP contribution in [-0.2, 0) is 9.53 Å². The molecule has 4 nitrogen and oxygen atoms in total. The molecule has 5 heteroatoms. The van der Waals surface area contributed by atoms with Crippen molar-refractivity contribution in [3.05, 3.63) is 28.2 Å². The lowest BCUT2D eigenvalue weighted by Crippen LogP contribution is -2.29. The number of ether oxygens (including phenoxy) is 2. The highest BCUT2D eigenvalue weighted by molar-refractivity contribution is 9.10. The predicted octanol–water partition coefficient (Wildman–Crippen LogP) is 3.33. The van der Waals surface area contributed by atoms with Crippen molar-refractivity contribution in [2.24, 2.45) is 11.8 Å². The standard InChI is InChI=1S/C15H21BrO4/c1-5-20-15(18)13(9(2)3)14(17)11-8-10(16)6-7-12(11)19-4/h6-9,13-14,17H,5H2,1-4H3. The minimum Gasteiger partial charge on any atom is -0.496 e. The predicted molar refractivity (Wildman–Crippen MR) is 80.6 cm³/mol. The van der Waals surface area contributed by atoms with Gasteiger partial charge in [0.1, 0.15) is 5.75 Å². The van der Waals surface area contributed by atoms with Crippen LogP contribution in [0.1, 0.15) is 32.4 Å². The number of halogens is 1. The van der Waals surface area contributed by atoms with E-state index in [4.69, 9.17) is 9.47 Å². The van der Waals surface area contributed by atoms with Crippen LogP contribution in [0.2, 0.25) is 0 Å². The first kappa shape index (κ1) is 17.0. The maximum absolute atomic E-state index is 12.0. The van der Waals surface area contributed by atoms with Gasteiger partial charge in [-0.2, -0.15) is 0 Å². The van der Waals surface area contributed by atoms with Gasteiger partial charge in [0.25, 0.3) is 0 Å². The summed E-state index contributed by atoms with van der Waals surface area (Å²) in [5, 5.41) is 10.6. The summed E-state index contributed by atoms with van der Waals surface area (Å²) in [6.45, 7) is 5.82. The van der Waals surface area contributed by atoms with Crippen LogP contribution in [-0.4, -0.2) is 24.8 Å². The average Bonchev–Trinajstić information content (AvgIpc) is 2.38. The fourth-order valence-electron chi connectivity index (χ4n) is 2.13. The Morgan fingerprint density at radius 3 is 2.55 bits per heavy atom. The molecule has 0 aliphatic rings. The minimum atomic E-state index is -0.971. The molecular formula is C15H21BrO4. The molecule has 0 aliphatic carbocycles. The number of hydrogen-bond acceptors (Lipinski definition) is 4. The summed E-state index contributed by atoms with van der Waals surface area (Å²) >= 11 is 3.36. The molecule has 1 aromatic rings. The summed E-state index contributed by atoms with van der Waals surface area (Å²) in [5.74, 6) is -0.515. The van der Waals surface area contributed by atoms with Gasteiger partial charge >= 0.3 is 5.97 Å². The molecule has 112 valence electrons. The molecule has 0 spiro atoms. The van der Waals surface area contributed by atoms with Gasteiger partial charge in [0.15, 0.2) is 0 Å². The Labute approximate surface area is 128 Å². The van der Waals surface area contributed by atoms with Crippen molar-refractivity contribution >= 4 is 21.9 Å². The third-order valence-electron chi connectivity index (χ3n) is 3.13. The van der Waals surface area contributed by atoms with Crippen LogP contribution in [0.5, 0.6) is 5.75 Å². The molecule has 1 rings (SSSR count). The lowest BCUT2D eigenvalue weighted by molar-refractivity contribution is -0.154. The van der Waals surface area contributed by atoms with Gasteiger partial charge in [-0.15, -0.1) is 0 Å². The van der Waals surface area contributed by atoms with Crippen molar-refractivity contribution in [3.8, 4) is 5.75 Å². The highest BCUT2D eigenvalue weighted by atomic mass is 79.9. The quantitative estimate of drug-likeness (QED) is 0.804. The summed E-state index contributed by atoms with van der Waals surface area (Å²) in [7, 11) is 1.54. The van der Waals surface area contributed by atoms with Crippen LogP contribution in [0.4, 0.5) is 0 Å². The third kappa shape index (κ3) is 3.96. The zero-order valence-electron chi connectivity index (χ0n) is 12.2. The van der Waals surface area contributed by atoms with Crippen molar-refractivity contribution in [1.29, 1.82) is 0 Å². The zero-order chi connectivity index (χ0) is 15.3. The Kier molecular flexibility index (Phi) is 6.49. The van der Waals surface area contributed by atoms with E-state index in [0.717, 1.165) is 4.47 Å². The molecule has 0 saturated heterocycles. The molecule has 0 aliphatic heterocycles. The molecule has 0 aromatic heterocycles. The summed E-state index contributed by atoms with van der Waals surface area (Å²) < 4.78 is 11.1. The lowest BCUT2D eigenvalue weighted by atomic mass is 9.86. The first-order chi connectivity index (χ1) is 9.42. The van der Waals surface area contributed by atoms with Gasteiger partial charge in [0.2, 0.25) is 0 Å². The molecule has 20 heavy (non-hydrogen) atoms. The van der Waals surface area contributed by atoms with E-state index in [9.17, 15) is 9.90 Å². The van der Waals surface area contributed by atoms with Gasteiger partial charge in [0, 0.05) is 10.0 Å². The van der Waals surface area contributed by atoms with Gasteiger partial charge < -0.3 is 14.6 Å². The third-order valence-corrected chi connectivity index (χ3v) is 3.62. The van der Waals surface area contributed by atoms with Gasteiger partial charge in [-0.05, 0) is 31.0 Å². The van der Waals surface area contributed by atoms with Crippen LogP contribution in [0.25, 0.3) is 0 Å². The average molecular weight is 345 g/mol. The SMILES string of the molecule is CCOC(=O)C(C(C)C)C(O)c1cc(Br)ccc1OC. The maximum Gasteiger partial charge on any atom is 0.312 e. The first-order valence-corrected chi connectivity index (χ1v) is 7.39. The number of carbonyl (C=O) groups excluding carboxylic acids is 1. The monoisotopic (exact) mass is 344 g/mol. The molecule has 0 amide bonds. The van der Waals surface area contributed by atoms with Gasteiger partial charge in [0.05, 0.1) is 25.7 Å². The van der Waals surface area contributed by atoms with Crippen LogP contribution in [0.3, 0.4) is 0 Å². The Bertz CT molecular complexity index is 459. The molecular weight excluding hydrogens is 324 g/mol. The van der Waals surface area contributed by atoms with Crippen molar-refractivity contribution in [2.75, 3.05) is 13.7 Å². The van der Waals surface area contributed by atoms with E-state index in [-0.39, 0.29) is 5.92 Å². The Morgan fingerprint density at radius 1 is 1.40 bits per heavy atom. The molecule has 0 saturated carbocycles. The van der Waals surface area contributed by atoms with E-state index in [1.54, 1.807) is 19.1 Å². The number of rotatable bonds is 6. The Morgan fingerprint density at radius 2 is 2.05 bits per heavy atom. The summed E-state index contributed by atoms with van der Waals surface area (Å²) in [4.78, 5) is 12.0. The van der Waals surface area contributed by atoms with Crippen molar-refractivity contribution in [2.45, 2.75) is 26.9 Å². The smallest absolute Gasteiger partial charge is 0.312 e. The molecule has 0 heterocycles. The molecule has 0 bridgehead atoms. The van der Waals surface area contributed by atoms with E-state index in [1.165, 1.54) is 7.11 Å². The first-order valence-electron chi connectivity index (χ1n) is 6.60. The van der Waals surface area contributed by atoms with E-state index in [2.05, 4.69) is 15.9 Å². The van der Waals surface area contributed by atoms with E-state index in [0.29, 0.717) is 17.9 Å². The number of hydrogen-bond donors (Lipinski definition) is 1. The summed E-state index contributed by atoms with van der Waals surface area (Å²) in [5.41, 5.74) is 0.577. The normalized spacial score (nSPS) is 13.9. The van der Waals surface area contributed by atoms with Crippen molar-refractivity contribution in [1.82, 2.24) is 0 Å². The summed E-state index contributed by atoms with van der Waals surface area (Å²) in [6, 6.07) is 5.34. The fourth-order valence-corrected chi connectivity index (χ4v) is 2.51. The van der Waals surface area contributed by atoms with Crippen LogP contribution in [0, 0.1) is 11.8 Å². The Balaban J connectivity index is 3.15. The topological polar surface area (TPSA) is 55.8 Å². The van der Waals surface area contributed by atoms with Crippen LogP contribution < -0.4 is 4.74 Å². The minimum absolute atomic E-state index is 0.0484. The van der Waals surface area contributed by atoms with Crippen LogP contribution >= 0.6 is 15.9 Å². The molecule has 0 fully saturated rings. The summed E-state index contributed by atoms with van der Waals surface area (Å²) in [6.07, 6.45) is -0.971. The lowest BCUT2D eigenvalue weighted by Gasteiger charge is -2.26. The largest absolute Gasteiger partial charge is 0.496 e. The number of aliphatic hydroxyl groups excluding tert-OH is 1. The number of methoxy groups -OCH3 is 1. The number of esters is 1. The van der Waals surface area contributed by atoms with Crippen LogP contribution in [0.15, 0.2) is 22.7 Å².